The Morgan fingerprint density at radius 3 is 2.60 bits per heavy atom. The molecule has 0 aromatic carbocycles. The van der Waals surface area contributed by atoms with Crippen molar-refractivity contribution in [3.05, 3.63) is 12.7 Å². The van der Waals surface area contributed by atoms with Crippen LogP contribution in [0.4, 0.5) is 4.53 Å². The topological polar surface area (TPSA) is 58.6 Å². The van der Waals surface area contributed by atoms with E-state index in [1.807, 2.05) is 0 Å². The third kappa shape index (κ3) is 6.89. The molecule has 0 heterocycles. The van der Waals surface area contributed by atoms with E-state index < -0.39 is 7.82 Å². The second-order valence-electron chi connectivity index (χ2n) is 1.10. The van der Waals surface area contributed by atoms with E-state index >= 15 is 0 Å². The number of phosphoric ester groups is 1. The maximum Gasteiger partial charge on any atom is 1.00 e. The molecule has 0 N–H and O–H groups in total. The van der Waals surface area contributed by atoms with Crippen LogP contribution in [0.5, 0.6) is 0 Å². The van der Waals surface area contributed by atoms with Crippen LogP contribution in [-0.2, 0) is 13.8 Å². The monoisotopic (exact) mass is 178 g/mol. The summed E-state index contributed by atoms with van der Waals surface area (Å²) >= 11 is 0. The van der Waals surface area contributed by atoms with Crippen LogP contribution in [0.2, 0.25) is 0 Å². The second kappa shape index (κ2) is 6.49. The summed E-state index contributed by atoms with van der Waals surface area (Å²) in [5.41, 5.74) is 0. The van der Waals surface area contributed by atoms with Crippen molar-refractivity contribution >= 4 is 7.82 Å². The molecule has 0 fully saturated rings. The number of hydrogen-bond acceptors (Lipinski definition) is 4. The van der Waals surface area contributed by atoms with E-state index in [2.05, 4.69) is 15.8 Å². The quantitative estimate of drug-likeness (QED) is 0.272. The van der Waals surface area contributed by atoms with Gasteiger partial charge in [0.25, 0.3) is 0 Å². The minimum atomic E-state index is -4.68. The Morgan fingerprint density at radius 1 is 1.80 bits per heavy atom. The SMILES string of the molecule is C=CCOP(=O)([O-])OF.[Na+]. The van der Waals surface area contributed by atoms with Crippen LogP contribution in [-0.4, -0.2) is 6.61 Å². The van der Waals surface area contributed by atoms with Crippen molar-refractivity contribution < 1.29 is 52.8 Å². The Balaban J connectivity index is 0. The summed E-state index contributed by atoms with van der Waals surface area (Å²) in [4.78, 5) is 9.92. The van der Waals surface area contributed by atoms with Gasteiger partial charge in [-0.25, -0.2) is 0 Å². The Morgan fingerprint density at radius 2 is 2.30 bits per heavy atom. The molecule has 0 spiro atoms. The molecule has 0 amide bonds. The molecule has 0 aromatic rings. The van der Waals surface area contributed by atoms with Gasteiger partial charge < -0.3 is 9.42 Å². The third-order valence-electron chi connectivity index (χ3n) is 0.435. The zero-order valence-electron chi connectivity index (χ0n) is 5.45. The Bertz CT molecular complexity index is 140. The summed E-state index contributed by atoms with van der Waals surface area (Å²) in [7, 11) is -4.68. The first kappa shape index (κ1) is 13.4. The van der Waals surface area contributed by atoms with E-state index in [4.69, 9.17) is 0 Å². The molecule has 0 rings (SSSR count). The maximum absolute atomic E-state index is 10.9. The van der Waals surface area contributed by atoms with Crippen LogP contribution in [0.15, 0.2) is 12.7 Å². The molecule has 54 valence electrons. The van der Waals surface area contributed by atoms with Gasteiger partial charge in [-0.05, 0) is 4.53 Å². The summed E-state index contributed by atoms with van der Waals surface area (Å²) in [5, 5.41) is 0. The van der Waals surface area contributed by atoms with Gasteiger partial charge in [-0.2, -0.15) is 0 Å². The Hall–Kier alpha value is 0.780. The van der Waals surface area contributed by atoms with Crippen LogP contribution in [0.1, 0.15) is 0 Å². The second-order valence-corrected chi connectivity index (χ2v) is 2.39. The van der Waals surface area contributed by atoms with Crippen LogP contribution in [0, 0.1) is 0 Å². The fraction of sp³-hybridized carbons (Fsp3) is 0.333. The molecule has 4 nitrogen and oxygen atoms in total. The van der Waals surface area contributed by atoms with Crippen molar-refractivity contribution in [1.29, 1.82) is 0 Å². The van der Waals surface area contributed by atoms with Gasteiger partial charge in [0.05, 0.1) is 6.61 Å². The van der Waals surface area contributed by atoms with Crippen molar-refractivity contribution in [3.8, 4) is 0 Å². The fourth-order valence-electron chi connectivity index (χ4n) is 0.164. The van der Waals surface area contributed by atoms with Gasteiger partial charge in [-0.1, -0.05) is 6.08 Å². The largest absolute Gasteiger partial charge is 1.00 e. The molecule has 0 saturated carbocycles. The number of halogens is 1. The van der Waals surface area contributed by atoms with Crippen LogP contribution >= 0.6 is 7.82 Å². The first-order valence-electron chi connectivity index (χ1n) is 1.99. The van der Waals surface area contributed by atoms with E-state index in [1.165, 1.54) is 0 Å². The van der Waals surface area contributed by atoms with E-state index in [-0.39, 0.29) is 36.2 Å². The van der Waals surface area contributed by atoms with Gasteiger partial charge in [0, 0.05) is 0 Å². The average molecular weight is 178 g/mol. The van der Waals surface area contributed by atoms with Gasteiger partial charge in [-0.15, -0.1) is 11.3 Å². The molecule has 0 aliphatic heterocycles. The minimum Gasteiger partial charge on any atom is -0.754 e. The van der Waals surface area contributed by atoms with Gasteiger partial charge in [0.1, 0.15) is 0 Å². The predicted octanol–water partition coefficient (Wildman–Crippen LogP) is -2.44. The summed E-state index contributed by atoms with van der Waals surface area (Å²) in [6.07, 6.45) is 1.16. The van der Waals surface area contributed by atoms with Crippen molar-refractivity contribution in [2.24, 2.45) is 0 Å². The standard InChI is InChI=1S/C3H6FO4P.Na/c1-2-3-7-9(5,6)8-4;/h2H,1,3H2,(H,5,6);/q;+1/p-1. The van der Waals surface area contributed by atoms with E-state index in [9.17, 15) is 14.0 Å². The van der Waals surface area contributed by atoms with Crippen molar-refractivity contribution in [3.63, 3.8) is 0 Å². The fourth-order valence-corrected chi connectivity index (χ4v) is 0.492. The third-order valence-corrected chi connectivity index (χ3v) is 1.07. The minimum absolute atomic E-state index is 0. The Kier molecular flexibility index (Phi) is 8.68. The molecule has 0 aromatic heterocycles. The zero-order chi connectivity index (χ0) is 7.33. The zero-order valence-corrected chi connectivity index (χ0v) is 8.34. The molecule has 10 heavy (non-hydrogen) atoms. The van der Waals surface area contributed by atoms with Crippen molar-refractivity contribution in [2.75, 3.05) is 6.61 Å². The molecule has 0 bridgehead atoms. The summed E-state index contributed by atoms with van der Waals surface area (Å²) in [5.74, 6) is 0. The molecular weight excluding hydrogens is 173 g/mol. The first-order chi connectivity index (χ1) is 4.12. The van der Waals surface area contributed by atoms with Crippen LogP contribution < -0.4 is 34.5 Å². The smallest absolute Gasteiger partial charge is 0.754 e. The van der Waals surface area contributed by atoms with E-state index in [1.54, 1.807) is 0 Å². The molecule has 0 aliphatic rings. The average Bonchev–Trinajstić information content (AvgIpc) is 1.84. The van der Waals surface area contributed by atoms with Gasteiger partial charge >= 0.3 is 37.4 Å². The van der Waals surface area contributed by atoms with Gasteiger partial charge in [0.15, 0.2) is 0 Å². The van der Waals surface area contributed by atoms with Crippen LogP contribution in [0.3, 0.4) is 0 Å². The Labute approximate surface area is 79.8 Å². The molecule has 0 aliphatic carbocycles. The summed E-state index contributed by atoms with van der Waals surface area (Å²) < 4.78 is 27.1. The maximum atomic E-state index is 10.9. The van der Waals surface area contributed by atoms with Crippen LogP contribution in [0.25, 0.3) is 0 Å². The molecule has 7 heteroatoms. The summed E-state index contributed by atoms with van der Waals surface area (Å²) in [6, 6.07) is 0. The van der Waals surface area contributed by atoms with E-state index in [0.717, 1.165) is 6.08 Å². The number of rotatable bonds is 4. The molecule has 1 atom stereocenters. The first-order valence-corrected chi connectivity index (χ1v) is 3.45. The molecule has 1 unspecified atom stereocenters. The van der Waals surface area contributed by atoms with Crippen molar-refractivity contribution in [2.45, 2.75) is 0 Å². The van der Waals surface area contributed by atoms with Crippen molar-refractivity contribution in [1.82, 2.24) is 0 Å². The summed E-state index contributed by atoms with van der Waals surface area (Å²) in [6.45, 7) is 2.85. The normalized spacial score (nSPS) is 15.0. The van der Waals surface area contributed by atoms with E-state index in [0.29, 0.717) is 0 Å². The number of hydrogen-bond donors (Lipinski definition) is 0. The molecule has 0 radical (unpaired) electrons. The molecule has 0 saturated heterocycles. The predicted molar refractivity (Wildman–Crippen MR) is 25.9 cm³/mol. The number of phosphoric acid groups is 1. The van der Waals surface area contributed by atoms with Gasteiger partial charge in [0.2, 0.25) is 0 Å². The molecular formula is C3H5FNaO4P. The van der Waals surface area contributed by atoms with Gasteiger partial charge in [-0.3, -0.25) is 4.57 Å².